The average molecular weight is 269 g/mol. The number of halogens is 1. The molecular formula is C13H13ClO4. The van der Waals surface area contributed by atoms with Gasteiger partial charge in [-0.15, -0.1) is 0 Å². The Balaban J connectivity index is 2.46. The smallest absolute Gasteiger partial charge is 0.179 e. The summed E-state index contributed by atoms with van der Waals surface area (Å²) in [4.78, 5) is 0. The van der Waals surface area contributed by atoms with E-state index in [4.69, 9.17) is 25.5 Å². The summed E-state index contributed by atoms with van der Waals surface area (Å²) in [5.74, 6) is 1.32. The monoisotopic (exact) mass is 268 g/mol. The van der Waals surface area contributed by atoms with Gasteiger partial charge in [0.2, 0.25) is 0 Å². The number of methoxy groups -OCH3 is 2. The predicted molar refractivity (Wildman–Crippen MR) is 67.3 cm³/mol. The lowest BCUT2D eigenvalue weighted by molar-refractivity contribution is 0.189. The predicted octanol–water partition coefficient (Wildman–Crippen LogP) is 3.03. The standard InChI is InChI=1S/C13H13ClO4/c1-16-10-6-5-8(11(14)13(10)17-2)12(15)9-4-3-7-18-9/h3-7,12,15H,1-2H3. The molecule has 0 aliphatic carbocycles. The molecule has 96 valence electrons. The van der Waals surface area contributed by atoms with Crippen LogP contribution in [0.3, 0.4) is 0 Å². The zero-order chi connectivity index (χ0) is 13.1. The van der Waals surface area contributed by atoms with Crippen LogP contribution >= 0.6 is 11.6 Å². The van der Waals surface area contributed by atoms with E-state index in [0.29, 0.717) is 27.8 Å². The number of hydrogen-bond donors (Lipinski definition) is 1. The lowest BCUT2D eigenvalue weighted by atomic mass is 10.1. The average Bonchev–Trinajstić information content (AvgIpc) is 2.91. The largest absolute Gasteiger partial charge is 0.493 e. The number of ether oxygens (including phenoxy) is 2. The Kier molecular flexibility index (Phi) is 3.79. The van der Waals surface area contributed by atoms with Crippen LogP contribution in [0.5, 0.6) is 11.5 Å². The fourth-order valence-corrected chi connectivity index (χ4v) is 2.05. The molecule has 1 atom stereocenters. The van der Waals surface area contributed by atoms with Crippen LogP contribution in [0.1, 0.15) is 17.4 Å². The molecule has 0 radical (unpaired) electrons. The zero-order valence-electron chi connectivity index (χ0n) is 10.0. The van der Waals surface area contributed by atoms with Crippen molar-refractivity contribution in [2.24, 2.45) is 0 Å². The van der Waals surface area contributed by atoms with Crippen LogP contribution in [-0.2, 0) is 0 Å². The first-order chi connectivity index (χ1) is 8.69. The molecule has 0 saturated carbocycles. The molecule has 0 bridgehead atoms. The second kappa shape index (κ2) is 5.33. The first kappa shape index (κ1) is 12.8. The van der Waals surface area contributed by atoms with Crippen LogP contribution in [0.2, 0.25) is 5.02 Å². The second-order valence-electron chi connectivity index (χ2n) is 3.62. The van der Waals surface area contributed by atoms with Crippen molar-refractivity contribution >= 4 is 11.6 Å². The second-order valence-corrected chi connectivity index (χ2v) is 4.00. The summed E-state index contributed by atoms with van der Waals surface area (Å²) >= 11 is 6.20. The highest BCUT2D eigenvalue weighted by Gasteiger charge is 2.21. The highest BCUT2D eigenvalue weighted by atomic mass is 35.5. The molecule has 0 aliphatic rings. The van der Waals surface area contributed by atoms with Crippen LogP contribution in [0.25, 0.3) is 0 Å². The molecule has 0 fully saturated rings. The molecule has 0 aliphatic heterocycles. The maximum atomic E-state index is 10.2. The van der Waals surface area contributed by atoms with E-state index in [1.807, 2.05) is 0 Å². The van der Waals surface area contributed by atoms with Gasteiger partial charge in [-0.1, -0.05) is 17.7 Å². The maximum absolute atomic E-state index is 10.2. The van der Waals surface area contributed by atoms with E-state index < -0.39 is 6.10 Å². The first-order valence-corrected chi connectivity index (χ1v) is 5.68. The van der Waals surface area contributed by atoms with Gasteiger partial charge in [0, 0.05) is 5.56 Å². The van der Waals surface area contributed by atoms with Gasteiger partial charge in [0.15, 0.2) is 11.5 Å². The van der Waals surface area contributed by atoms with Crippen molar-refractivity contribution in [1.29, 1.82) is 0 Å². The van der Waals surface area contributed by atoms with E-state index in [9.17, 15) is 5.11 Å². The molecular weight excluding hydrogens is 256 g/mol. The van der Waals surface area contributed by atoms with Gasteiger partial charge in [0.1, 0.15) is 11.9 Å². The minimum absolute atomic E-state index is 0.306. The van der Waals surface area contributed by atoms with Gasteiger partial charge >= 0.3 is 0 Å². The molecule has 18 heavy (non-hydrogen) atoms. The fourth-order valence-electron chi connectivity index (χ4n) is 1.72. The van der Waals surface area contributed by atoms with Crippen molar-refractivity contribution in [3.8, 4) is 11.5 Å². The first-order valence-electron chi connectivity index (χ1n) is 5.31. The molecule has 0 amide bonds. The van der Waals surface area contributed by atoms with Gasteiger partial charge in [-0.2, -0.15) is 0 Å². The van der Waals surface area contributed by atoms with Crippen LogP contribution in [0.4, 0.5) is 0 Å². The van der Waals surface area contributed by atoms with Crippen molar-refractivity contribution < 1.29 is 19.0 Å². The Morgan fingerprint density at radius 1 is 1.22 bits per heavy atom. The summed E-state index contributed by atoms with van der Waals surface area (Å²) in [6.45, 7) is 0. The molecule has 5 heteroatoms. The van der Waals surface area contributed by atoms with Crippen molar-refractivity contribution in [2.45, 2.75) is 6.10 Å². The van der Waals surface area contributed by atoms with Gasteiger partial charge in [-0.25, -0.2) is 0 Å². The van der Waals surface area contributed by atoms with Gasteiger partial charge in [-0.05, 0) is 18.2 Å². The SMILES string of the molecule is COc1ccc(C(O)c2ccco2)c(Cl)c1OC. The third-order valence-electron chi connectivity index (χ3n) is 2.62. The zero-order valence-corrected chi connectivity index (χ0v) is 10.8. The molecule has 0 spiro atoms. The number of rotatable bonds is 4. The fraction of sp³-hybridized carbons (Fsp3) is 0.231. The van der Waals surface area contributed by atoms with Crippen LogP contribution < -0.4 is 9.47 Å². The van der Waals surface area contributed by atoms with Crippen LogP contribution in [-0.4, -0.2) is 19.3 Å². The van der Waals surface area contributed by atoms with Crippen molar-refractivity contribution in [2.75, 3.05) is 14.2 Å². The maximum Gasteiger partial charge on any atom is 0.179 e. The molecule has 2 rings (SSSR count). The minimum atomic E-state index is -0.938. The van der Waals surface area contributed by atoms with E-state index in [-0.39, 0.29) is 0 Å². The van der Waals surface area contributed by atoms with E-state index in [0.717, 1.165) is 0 Å². The number of aliphatic hydroxyl groups excluding tert-OH is 1. The van der Waals surface area contributed by atoms with E-state index in [1.165, 1.54) is 20.5 Å². The van der Waals surface area contributed by atoms with Crippen molar-refractivity contribution in [3.63, 3.8) is 0 Å². The van der Waals surface area contributed by atoms with Crippen LogP contribution in [0, 0.1) is 0 Å². The van der Waals surface area contributed by atoms with Gasteiger partial charge in [-0.3, -0.25) is 0 Å². The van der Waals surface area contributed by atoms with Crippen molar-refractivity contribution in [1.82, 2.24) is 0 Å². The van der Waals surface area contributed by atoms with Gasteiger partial charge in [0.05, 0.1) is 25.5 Å². The summed E-state index contributed by atoms with van der Waals surface area (Å²) in [7, 11) is 3.02. The molecule has 1 unspecified atom stereocenters. The van der Waals surface area contributed by atoms with Crippen molar-refractivity contribution in [3.05, 3.63) is 46.9 Å². The highest BCUT2D eigenvalue weighted by molar-refractivity contribution is 6.33. The van der Waals surface area contributed by atoms with E-state index in [1.54, 1.807) is 24.3 Å². The number of aliphatic hydroxyl groups is 1. The molecule has 1 heterocycles. The van der Waals surface area contributed by atoms with E-state index >= 15 is 0 Å². The quantitative estimate of drug-likeness (QED) is 0.926. The normalized spacial score (nSPS) is 12.2. The summed E-state index contributed by atoms with van der Waals surface area (Å²) in [5.41, 5.74) is 0.504. The molecule has 1 aromatic heterocycles. The van der Waals surface area contributed by atoms with Gasteiger partial charge < -0.3 is 19.0 Å². The molecule has 2 aromatic rings. The number of hydrogen-bond acceptors (Lipinski definition) is 4. The Bertz CT molecular complexity index is 522. The summed E-state index contributed by atoms with van der Waals surface area (Å²) in [5, 5.41) is 10.5. The summed E-state index contributed by atoms with van der Waals surface area (Å²) in [6, 6.07) is 6.74. The lowest BCUT2D eigenvalue weighted by Crippen LogP contribution is -2.01. The van der Waals surface area contributed by atoms with Gasteiger partial charge in [0.25, 0.3) is 0 Å². The minimum Gasteiger partial charge on any atom is -0.493 e. The number of benzene rings is 1. The molecule has 1 aromatic carbocycles. The van der Waals surface area contributed by atoms with E-state index in [2.05, 4.69) is 0 Å². The number of furan rings is 1. The third-order valence-corrected chi connectivity index (χ3v) is 3.01. The Hall–Kier alpha value is -1.65. The molecule has 0 saturated heterocycles. The third kappa shape index (κ3) is 2.17. The lowest BCUT2D eigenvalue weighted by Gasteiger charge is -2.15. The summed E-state index contributed by atoms with van der Waals surface area (Å²) in [6.07, 6.45) is 0.556. The Morgan fingerprint density at radius 2 is 2.00 bits per heavy atom. The molecule has 1 N–H and O–H groups in total. The topological polar surface area (TPSA) is 51.8 Å². The Morgan fingerprint density at radius 3 is 2.56 bits per heavy atom. The molecule has 4 nitrogen and oxygen atoms in total. The highest BCUT2D eigenvalue weighted by Crippen LogP contribution is 2.40. The Labute approximate surface area is 110 Å². The summed E-state index contributed by atoms with van der Waals surface area (Å²) < 4.78 is 15.5. The van der Waals surface area contributed by atoms with Crippen LogP contribution in [0.15, 0.2) is 34.9 Å².